The van der Waals surface area contributed by atoms with Crippen LogP contribution in [-0.4, -0.2) is 45.3 Å². The lowest BCUT2D eigenvalue weighted by molar-refractivity contribution is -0.130. The summed E-state index contributed by atoms with van der Waals surface area (Å²) in [5, 5.41) is 4.18. The molecule has 2 aromatic rings. The maximum atomic E-state index is 12.8. The van der Waals surface area contributed by atoms with E-state index < -0.39 is 0 Å². The van der Waals surface area contributed by atoms with Crippen LogP contribution in [0.4, 0.5) is 0 Å². The zero-order valence-electron chi connectivity index (χ0n) is 16.3. The van der Waals surface area contributed by atoms with Gasteiger partial charge < -0.3 is 14.4 Å². The molecule has 2 amide bonds. The second kappa shape index (κ2) is 6.82. The Morgan fingerprint density at radius 1 is 1.26 bits per heavy atom. The number of carbonyl (C=O) groups is 2. The number of likely N-dealkylation sites (tertiary alicyclic amines) is 1. The van der Waals surface area contributed by atoms with Gasteiger partial charge in [-0.25, -0.2) is 0 Å². The second-order valence-corrected chi connectivity index (χ2v) is 8.85. The Bertz CT molecular complexity index is 847. The smallest absolute Gasteiger partial charge is 0.270 e. The SMILES string of the molecule is CC(=O)N(Cc1ccsc1)[C@@H]1CC12CCN(C(=O)c1ccc(C)n1C)CC2. The van der Waals surface area contributed by atoms with Gasteiger partial charge in [0.2, 0.25) is 5.91 Å². The zero-order valence-corrected chi connectivity index (χ0v) is 17.1. The first-order chi connectivity index (χ1) is 12.9. The standard InChI is InChI=1S/C21H27N3O2S/c1-15-4-5-18(22(15)3)20(26)23-9-7-21(8-10-23)12-19(21)24(16(2)25)13-17-6-11-27-14-17/h4-6,11,14,19H,7-10,12-13H2,1-3H3/t19-/m1/s1. The Labute approximate surface area is 164 Å². The Hall–Kier alpha value is -2.08. The van der Waals surface area contributed by atoms with Crippen molar-refractivity contribution >= 4 is 23.2 Å². The molecule has 2 aromatic heterocycles. The van der Waals surface area contributed by atoms with Crippen molar-refractivity contribution in [1.82, 2.24) is 14.4 Å². The van der Waals surface area contributed by atoms with Crippen molar-refractivity contribution in [1.29, 1.82) is 0 Å². The first-order valence-corrected chi connectivity index (χ1v) is 10.6. The molecule has 0 aromatic carbocycles. The Kier molecular flexibility index (Phi) is 4.62. The molecule has 1 aliphatic carbocycles. The molecule has 3 heterocycles. The monoisotopic (exact) mass is 385 g/mol. The van der Waals surface area contributed by atoms with E-state index in [1.807, 2.05) is 40.5 Å². The van der Waals surface area contributed by atoms with Gasteiger partial charge in [0.1, 0.15) is 5.69 Å². The van der Waals surface area contributed by atoms with Gasteiger partial charge >= 0.3 is 0 Å². The molecular formula is C21H27N3O2S. The summed E-state index contributed by atoms with van der Waals surface area (Å²) in [5.74, 6) is 0.278. The van der Waals surface area contributed by atoms with Crippen molar-refractivity contribution in [3.05, 3.63) is 45.9 Å². The number of nitrogens with zero attached hydrogens (tertiary/aromatic N) is 3. The molecule has 0 radical (unpaired) electrons. The Morgan fingerprint density at radius 2 is 2.00 bits per heavy atom. The van der Waals surface area contributed by atoms with Gasteiger partial charge in [0.15, 0.2) is 0 Å². The van der Waals surface area contributed by atoms with Crippen LogP contribution in [0.5, 0.6) is 0 Å². The minimum Gasteiger partial charge on any atom is -0.344 e. The van der Waals surface area contributed by atoms with E-state index in [-0.39, 0.29) is 17.2 Å². The second-order valence-electron chi connectivity index (χ2n) is 8.07. The fourth-order valence-electron chi connectivity index (χ4n) is 4.47. The van der Waals surface area contributed by atoms with Crippen molar-refractivity contribution < 1.29 is 9.59 Å². The van der Waals surface area contributed by atoms with Crippen LogP contribution in [0, 0.1) is 12.3 Å². The van der Waals surface area contributed by atoms with Crippen molar-refractivity contribution in [2.24, 2.45) is 12.5 Å². The van der Waals surface area contributed by atoms with Crippen LogP contribution >= 0.6 is 11.3 Å². The topological polar surface area (TPSA) is 45.6 Å². The lowest BCUT2D eigenvalue weighted by Crippen LogP contribution is -2.42. The van der Waals surface area contributed by atoms with Gasteiger partial charge in [-0.3, -0.25) is 9.59 Å². The number of carbonyl (C=O) groups excluding carboxylic acids is 2. The molecule has 27 heavy (non-hydrogen) atoms. The number of hydrogen-bond donors (Lipinski definition) is 0. The molecule has 6 heteroatoms. The molecule has 1 atom stereocenters. The van der Waals surface area contributed by atoms with Crippen molar-refractivity contribution in [2.45, 2.75) is 45.7 Å². The summed E-state index contributed by atoms with van der Waals surface area (Å²) in [4.78, 5) is 29.1. The van der Waals surface area contributed by atoms with Gasteiger partial charge in [0.05, 0.1) is 0 Å². The highest BCUT2D eigenvalue weighted by molar-refractivity contribution is 7.07. The van der Waals surface area contributed by atoms with Crippen molar-refractivity contribution in [3.8, 4) is 0 Å². The van der Waals surface area contributed by atoms with Crippen LogP contribution in [0.25, 0.3) is 0 Å². The van der Waals surface area contributed by atoms with E-state index in [2.05, 4.69) is 16.8 Å². The molecule has 1 saturated carbocycles. The maximum absolute atomic E-state index is 12.8. The number of rotatable bonds is 4. The molecule has 0 unspecified atom stereocenters. The van der Waals surface area contributed by atoms with Gasteiger partial charge in [-0.1, -0.05) is 0 Å². The third-order valence-electron chi connectivity index (χ3n) is 6.50. The predicted octanol–water partition coefficient (Wildman–Crippen LogP) is 3.44. The number of aryl methyl sites for hydroxylation is 1. The summed E-state index contributed by atoms with van der Waals surface area (Å²) < 4.78 is 1.96. The van der Waals surface area contributed by atoms with Gasteiger partial charge in [-0.15, -0.1) is 0 Å². The molecule has 5 nitrogen and oxygen atoms in total. The largest absolute Gasteiger partial charge is 0.344 e. The minimum atomic E-state index is 0.124. The third kappa shape index (κ3) is 3.31. The van der Waals surface area contributed by atoms with Crippen LogP contribution in [0.1, 0.15) is 47.9 Å². The first kappa shape index (κ1) is 18.3. The number of aromatic nitrogens is 1. The molecule has 1 spiro atoms. The summed E-state index contributed by atoms with van der Waals surface area (Å²) >= 11 is 1.67. The van der Waals surface area contributed by atoms with E-state index in [0.717, 1.165) is 43.7 Å². The normalized spacial score (nSPS) is 20.7. The Balaban J connectivity index is 1.39. The molecule has 0 bridgehead atoms. The van der Waals surface area contributed by atoms with E-state index in [0.29, 0.717) is 12.6 Å². The average Bonchev–Trinajstić information content (AvgIpc) is 2.98. The van der Waals surface area contributed by atoms with E-state index >= 15 is 0 Å². The summed E-state index contributed by atoms with van der Waals surface area (Å²) in [5.41, 5.74) is 3.28. The van der Waals surface area contributed by atoms with Gasteiger partial charge in [0.25, 0.3) is 5.91 Å². The van der Waals surface area contributed by atoms with E-state index in [1.165, 1.54) is 5.56 Å². The van der Waals surface area contributed by atoms with Crippen LogP contribution in [0.2, 0.25) is 0 Å². The molecule has 144 valence electrons. The predicted molar refractivity (Wildman–Crippen MR) is 107 cm³/mol. The molecule has 2 fully saturated rings. The highest BCUT2D eigenvalue weighted by Gasteiger charge is 2.58. The van der Waals surface area contributed by atoms with E-state index in [9.17, 15) is 9.59 Å². The summed E-state index contributed by atoms with van der Waals surface area (Å²) in [6.07, 6.45) is 3.04. The number of piperidine rings is 1. The minimum absolute atomic E-state index is 0.124. The Morgan fingerprint density at radius 3 is 2.56 bits per heavy atom. The lowest BCUT2D eigenvalue weighted by atomic mass is 9.92. The summed E-state index contributed by atoms with van der Waals surface area (Å²) in [6, 6.07) is 6.33. The van der Waals surface area contributed by atoms with Gasteiger partial charge in [0, 0.05) is 45.3 Å². The number of hydrogen-bond acceptors (Lipinski definition) is 3. The van der Waals surface area contributed by atoms with Crippen LogP contribution in [0.15, 0.2) is 29.0 Å². The highest BCUT2D eigenvalue weighted by Crippen LogP contribution is 2.57. The molecule has 0 N–H and O–H groups in total. The third-order valence-corrected chi connectivity index (χ3v) is 7.23. The van der Waals surface area contributed by atoms with E-state index in [4.69, 9.17) is 0 Å². The van der Waals surface area contributed by atoms with E-state index in [1.54, 1.807) is 18.3 Å². The molecule has 1 aliphatic heterocycles. The summed E-state index contributed by atoms with van der Waals surface area (Å²) in [6.45, 7) is 5.96. The highest BCUT2D eigenvalue weighted by atomic mass is 32.1. The fourth-order valence-corrected chi connectivity index (χ4v) is 5.13. The van der Waals surface area contributed by atoms with Crippen LogP contribution in [0.3, 0.4) is 0 Å². The first-order valence-electron chi connectivity index (χ1n) is 9.61. The number of thiophene rings is 1. The van der Waals surface area contributed by atoms with Crippen molar-refractivity contribution in [3.63, 3.8) is 0 Å². The van der Waals surface area contributed by atoms with Gasteiger partial charge in [-0.05, 0) is 66.1 Å². The summed E-state index contributed by atoms with van der Waals surface area (Å²) in [7, 11) is 1.94. The lowest BCUT2D eigenvalue weighted by Gasteiger charge is -2.34. The van der Waals surface area contributed by atoms with Crippen molar-refractivity contribution in [2.75, 3.05) is 13.1 Å². The van der Waals surface area contributed by atoms with Crippen LogP contribution < -0.4 is 0 Å². The van der Waals surface area contributed by atoms with Gasteiger partial charge in [-0.2, -0.15) is 11.3 Å². The zero-order chi connectivity index (χ0) is 19.2. The maximum Gasteiger partial charge on any atom is 0.270 e. The average molecular weight is 386 g/mol. The quantitative estimate of drug-likeness (QED) is 0.809. The molecule has 1 saturated heterocycles. The molecule has 2 aliphatic rings. The number of amides is 2. The molecule has 4 rings (SSSR count). The fraction of sp³-hybridized carbons (Fsp3) is 0.524. The van der Waals surface area contributed by atoms with Crippen LogP contribution in [-0.2, 0) is 18.4 Å². The molecular weight excluding hydrogens is 358 g/mol.